The lowest BCUT2D eigenvalue weighted by Gasteiger charge is -2.23. The van der Waals surface area contributed by atoms with Crippen LogP contribution in [0.2, 0.25) is 0 Å². The Balaban J connectivity index is 1.68. The van der Waals surface area contributed by atoms with E-state index in [4.69, 9.17) is 0 Å². The predicted molar refractivity (Wildman–Crippen MR) is 101 cm³/mol. The molecule has 2 amide bonds. The van der Waals surface area contributed by atoms with Crippen molar-refractivity contribution in [2.45, 2.75) is 38.2 Å². The zero-order chi connectivity index (χ0) is 17.8. The molecule has 0 radical (unpaired) electrons. The molecule has 0 aliphatic carbocycles. The third-order valence-electron chi connectivity index (χ3n) is 4.86. The van der Waals surface area contributed by atoms with Crippen LogP contribution in [0.15, 0.2) is 54.6 Å². The van der Waals surface area contributed by atoms with Gasteiger partial charge in [0.2, 0.25) is 0 Å². The fourth-order valence-corrected chi connectivity index (χ4v) is 3.59. The number of hydrogen-bond acceptors (Lipinski definition) is 2. The minimum atomic E-state index is -0.408. The van der Waals surface area contributed by atoms with Crippen LogP contribution in [-0.2, 0) is 0 Å². The molecule has 3 atom stereocenters. The molecule has 1 aliphatic rings. The van der Waals surface area contributed by atoms with Crippen LogP contribution in [0, 0.1) is 0 Å². The molecule has 2 aromatic rings. The van der Waals surface area contributed by atoms with E-state index in [-0.39, 0.29) is 11.9 Å². The lowest BCUT2D eigenvalue weighted by molar-refractivity contribution is 0.173. The number of benzene rings is 2. The average Bonchev–Trinajstić information content (AvgIpc) is 2.96. The normalized spacial score (nSPS) is 18.5. The van der Waals surface area contributed by atoms with Crippen LogP contribution in [0.5, 0.6) is 0 Å². The molecule has 0 saturated heterocycles. The van der Waals surface area contributed by atoms with Crippen molar-refractivity contribution in [3.63, 3.8) is 0 Å². The predicted octanol–water partition coefficient (Wildman–Crippen LogP) is 3.87. The van der Waals surface area contributed by atoms with Gasteiger partial charge in [-0.3, -0.25) is 4.90 Å². The maximum atomic E-state index is 12.7. The van der Waals surface area contributed by atoms with E-state index in [0.29, 0.717) is 25.4 Å². The number of anilines is 1. The van der Waals surface area contributed by atoms with Crippen molar-refractivity contribution in [1.29, 1.82) is 0 Å². The standard InChI is InChI=1S/C21H26N2O2/c1-15-14-23(20-11-7-6-10-19(15)20)21(25)22-13-18(12-16(2)24)17-8-4-3-5-9-17/h3-11,15-16,18,24H,12-14H2,1-2H3,(H,22,25)/t15-,16+,18+/m1/s1. The Kier molecular flexibility index (Phi) is 5.39. The van der Waals surface area contributed by atoms with E-state index >= 15 is 0 Å². The van der Waals surface area contributed by atoms with Crippen LogP contribution in [0.25, 0.3) is 0 Å². The molecule has 0 unspecified atom stereocenters. The number of fused-ring (bicyclic) bond motifs is 1. The summed E-state index contributed by atoms with van der Waals surface area (Å²) in [5, 5.41) is 12.9. The van der Waals surface area contributed by atoms with Crippen molar-refractivity contribution < 1.29 is 9.90 Å². The molecule has 2 N–H and O–H groups in total. The zero-order valence-electron chi connectivity index (χ0n) is 14.9. The molecule has 1 aliphatic heterocycles. The number of aliphatic hydroxyl groups excluding tert-OH is 1. The van der Waals surface area contributed by atoms with E-state index < -0.39 is 6.10 Å². The van der Waals surface area contributed by atoms with Crippen molar-refractivity contribution in [3.8, 4) is 0 Å². The summed E-state index contributed by atoms with van der Waals surface area (Å²) in [6.07, 6.45) is 0.215. The van der Waals surface area contributed by atoms with Crippen LogP contribution in [-0.4, -0.2) is 30.3 Å². The van der Waals surface area contributed by atoms with Crippen molar-refractivity contribution in [1.82, 2.24) is 5.32 Å². The van der Waals surface area contributed by atoms with Crippen LogP contribution in [0.4, 0.5) is 10.5 Å². The van der Waals surface area contributed by atoms with Gasteiger partial charge in [-0.2, -0.15) is 0 Å². The molecule has 2 aromatic carbocycles. The summed E-state index contributed by atoms with van der Waals surface area (Å²) < 4.78 is 0. The van der Waals surface area contributed by atoms with Gasteiger partial charge in [0.05, 0.1) is 6.10 Å². The highest BCUT2D eigenvalue weighted by molar-refractivity contribution is 5.94. The lowest BCUT2D eigenvalue weighted by atomic mass is 9.93. The highest BCUT2D eigenvalue weighted by Crippen LogP contribution is 2.35. The Morgan fingerprint density at radius 2 is 1.88 bits per heavy atom. The van der Waals surface area contributed by atoms with Crippen LogP contribution in [0.1, 0.15) is 43.2 Å². The number of para-hydroxylation sites is 1. The Bertz CT molecular complexity index is 715. The Labute approximate surface area is 149 Å². The second-order valence-corrected chi connectivity index (χ2v) is 6.95. The number of nitrogens with one attached hydrogen (secondary N) is 1. The van der Waals surface area contributed by atoms with Crippen molar-refractivity contribution in [3.05, 3.63) is 65.7 Å². The van der Waals surface area contributed by atoms with Crippen molar-refractivity contribution >= 4 is 11.7 Å². The van der Waals surface area contributed by atoms with E-state index in [1.165, 1.54) is 5.56 Å². The molecule has 0 saturated carbocycles. The van der Waals surface area contributed by atoms with Gasteiger partial charge in [-0.25, -0.2) is 4.79 Å². The van der Waals surface area contributed by atoms with Gasteiger partial charge in [-0.1, -0.05) is 55.5 Å². The lowest BCUT2D eigenvalue weighted by Crippen LogP contribution is -2.41. The fourth-order valence-electron chi connectivity index (χ4n) is 3.59. The van der Waals surface area contributed by atoms with Gasteiger partial charge in [0, 0.05) is 30.6 Å². The number of nitrogens with zero attached hydrogens (tertiary/aromatic N) is 1. The summed E-state index contributed by atoms with van der Waals surface area (Å²) >= 11 is 0. The zero-order valence-corrected chi connectivity index (χ0v) is 14.9. The molecule has 4 heteroatoms. The van der Waals surface area contributed by atoms with Gasteiger partial charge in [0.1, 0.15) is 0 Å². The van der Waals surface area contributed by atoms with Crippen molar-refractivity contribution in [2.75, 3.05) is 18.0 Å². The van der Waals surface area contributed by atoms with Gasteiger partial charge < -0.3 is 10.4 Å². The Morgan fingerprint density at radius 1 is 1.20 bits per heavy atom. The third-order valence-corrected chi connectivity index (χ3v) is 4.86. The number of rotatable bonds is 5. The number of urea groups is 1. The smallest absolute Gasteiger partial charge is 0.321 e. The van der Waals surface area contributed by atoms with Crippen LogP contribution in [0.3, 0.4) is 0 Å². The van der Waals surface area contributed by atoms with Crippen LogP contribution >= 0.6 is 0 Å². The first kappa shape index (κ1) is 17.5. The first-order chi connectivity index (χ1) is 12.1. The summed E-state index contributed by atoms with van der Waals surface area (Å²) in [5.74, 6) is 0.449. The maximum absolute atomic E-state index is 12.7. The highest BCUT2D eigenvalue weighted by Gasteiger charge is 2.29. The number of aliphatic hydroxyl groups is 1. The minimum absolute atomic E-state index is 0.0664. The van der Waals surface area contributed by atoms with E-state index in [9.17, 15) is 9.90 Å². The quantitative estimate of drug-likeness (QED) is 0.869. The average molecular weight is 338 g/mol. The Morgan fingerprint density at radius 3 is 2.60 bits per heavy atom. The molecule has 132 valence electrons. The molecular formula is C21H26N2O2. The second-order valence-electron chi connectivity index (χ2n) is 6.95. The molecule has 0 fully saturated rings. The number of amides is 2. The summed E-state index contributed by atoms with van der Waals surface area (Å²) in [6, 6.07) is 18.1. The summed E-state index contributed by atoms with van der Waals surface area (Å²) in [4.78, 5) is 14.6. The SMILES string of the molecule is C[C@H](O)C[C@@H](CNC(=O)N1C[C@@H](C)c2ccccc21)c1ccccc1. The van der Waals surface area contributed by atoms with Gasteiger partial charge in [-0.15, -0.1) is 0 Å². The van der Waals surface area contributed by atoms with Gasteiger partial charge in [0.15, 0.2) is 0 Å². The summed E-state index contributed by atoms with van der Waals surface area (Å²) in [7, 11) is 0. The Hall–Kier alpha value is -2.33. The summed E-state index contributed by atoms with van der Waals surface area (Å²) in [5.41, 5.74) is 3.36. The number of carbonyl (C=O) groups excluding carboxylic acids is 1. The molecule has 0 bridgehead atoms. The highest BCUT2D eigenvalue weighted by atomic mass is 16.3. The third kappa shape index (κ3) is 4.02. The molecular weight excluding hydrogens is 312 g/mol. The summed E-state index contributed by atoms with van der Waals surface area (Å²) in [6.45, 7) is 5.15. The molecule has 25 heavy (non-hydrogen) atoms. The van der Waals surface area contributed by atoms with E-state index in [0.717, 1.165) is 11.3 Å². The second kappa shape index (κ2) is 7.70. The molecule has 1 heterocycles. The first-order valence-electron chi connectivity index (χ1n) is 8.93. The molecule has 3 rings (SSSR count). The minimum Gasteiger partial charge on any atom is -0.393 e. The van der Waals surface area contributed by atoms with Crippen molar-refractivity contribution in [2.24, 2.45) is 0 Å². The van der Waals surface area contributed by atoms with E-state index in [1.807, 2.05) is 53.4 Å². The molecule has 0 aromatic heterocycles. The number of hydrogen-bond donors (Lipinski definition) is 2. The van der Waals surface area contributed by atoms with Gasteiger partial charge in [-0.05, 0) is 30.5 Å². The van der Waals surface area contributed by atoms with Gasteiger partial charge in [0.25, 0.3) is 0 Å². The van der Waals surface area contributed by atoms with Gasteiger partial charge >= 0.3 is 6.03 Å². The monoisotopic (exact) mass is 338 g/mol. The molecule has 4 nitrogen and oxygen atoms in total. The fraction of sp³-hybridized carbons (Fsp3) is 0.381. The first-order valence-corrected chi connectivity index (χ1v) is 8.93. The maximum Gasteiger partial charge on any atom is 0.321 e. The van der Waals surface area contributed by atoms with E-state index in [1.54, 1.807) is 6.92 Å². The van der Waals surface area contributed by atoms with Crippen LogP contribution < -0.4 is 10.2 Å². The molecule has 0 spiro atoms. The largest absolute Gasteiger partial charge is 0.393 e. The number of carbonyl (C=O) groups is 1. The topological polar surface area (TPSA) is 52.6 Å². The van der Waals surface area contributed by atoms with E-state index in [2.05, 4.69) is 18.3 Å².